The fourth-order valence-electron chi connectivity index (χ4n) is 3.45. The number of hydrogen-bond acceptors (Lipinski definition) is 4. The third kappa shape index (κ3) is 5.24. The number of likely N-dealkylation sites (tertiary alicyclic amines) is 1. The zero-order valence-corrected chi connectivity index (χ0v) is 13.8. The van der Waals surface area contributed by atoms with E-state index in [0.717, 1.165) is 38.6 Å². The Morgan fingerprint density at radius 1 is 1.19 bits per heavy atom. The minimum Gasteiger partial charge on any atom is -0.372 e. The molecule has 2 atom stereocenters. The molecule has 0 aliphatic carbocycles. The van der Waals surface area contributed by atoms with Gasteiger partial charge in [-0.15, -0.1) is 0 Å². The van der Waals surface area contributed by atoms with Gasteiger partial charge < -0.3 is 15.0 Å². The topological polar surface area (TPSA) is 44.8 Å². The Morgan fingerprint density at radius 3 is 2.38 bits per heavy atom. The highest BCUT2D eigenvalue weighted by atomic mass is 16.5. The summed E-state index contributed by atoms with van der Waals surface area (Å²) in [5.41, 5.74) is 0. The van der Waals surface area contributed by atoms with E-state index in [2.05, 4.69) is 10.2 Å². The zero-order chi connectivity index (χ0) is 15.2. The molecule has 0 spiro atoms. The van der Waals surface area contributed by atoms with Gasteiger partial charge in [-0.3, -0.25) is 9.69 Å². The molecule has 2 saturated heterocycles. The summed E-state index contributed by atoms with van der Waals surface area (Å²) in [7, 11) is 2.01. The van der Waals surface area contributed by atoms with Gasteiger partial charge in [-0.05, 0) is 65.7 Å². The highest BCUT2D eigenvalue weighted by molar-refractivity contribution is 5.78. The minimum absolute atomic E-state index is 0.157. The summed E-state index contributed by atoms with van der Waals surface area (Å²) in [6.45, 7) is 9.38. The van der Waals surface area contributed by atoms with Crippen LogP contribution in [0.15, 0.2) is 0 Å². The number of nitrogens with zero attached hydrogens (tertiary/aromatic N) is 2. The Kier molecular flexibility index (Phi) is 6.45. The Labute approximate surface area is 129 Å². The molecule has 0 aromatic heterocycles. The average Bonchev–Trinajstić information content (AvgIpc) is 2.45. The van der Waals surface area contributed by atoms with Gasteiger partial charge >= 0.3 is 0 Å². The van der Waals surface area contributed by atoms with Gasteiger partial charge in [0.05, 0.1) is 18.8 Å². The molecular weight excluding hydrogens is 266 g/mol. The van der Waals surface area contributed by atoms with Crippen LogP contribution in [0.25, 0.3) is 0 Å². The molecule has 2 heterocycles. The van der Waals surface area contributed by atoms with Crippen LogP contribution in [0.2, 0.25) is 0 Å². The molecule has 2 unspecified atom stereocenters. The maximum Gasteiger partial charge on any atom is 0.236 e. The highest BCUT2D eigenvalue weighted by Gasteiger charge is 2.28. The molecule has 1 N–H and O–H groups in total. The summed E-state index contributed by atoms with van der Waals surface area (Å²) in [6.07, 6.45) is 4.03. The second kappa shape index (κ2) is 8.11. The fourth-order valence-corrected chi connectivity index (χ4v) is 3.45. The first-order chi connectivity index (χ1) is 10.1. The van der Waals surface area contributed by atoms with Gasteiger partial charge in [0.15, 0.2) is 0 Å². The molecule has 2 rings (SSSR count). The Morgan fingerprint density at radius 2 is 1.81 bits per heavy atom. The molecule has 0 saturated carbocycles. The monoisotopic (exact) mass is 297 g/mol. The van der Waals surface area contributed by atoms with E-state index < -0.39 is 0 Å². The van der Waals surface area contributed by atoms with Crippen molar-refractivity contribution in [2.75, 3.05) is 46.3 Å². The summed E-state index contributed by atoms with van der Waals surface area (Å²) in [4.78, 5) is 16.7. The maximum atomic E-state index is 12.4. The van der Waals surface area contributed by atoms with Crippen LogP contribution in [0.1, 0.15) is 33.1 Å². The number of morpholine rings is 1. The van der Waals surface area contributed by atoms with Gasteiger partial charge in [0.1, 0.15) is 0 Å². The van der Waals surface area contributed by atoms with Crippen LogP contribution < -0.4 is 5.32 Å². The predicted molar refractivity (Wildman–Crippen MR) is 84.3 cm³/mol. The largest absolute Gasteiger partial charge is 0.372 e. The summed E-state index contributed by atoms with van der Waals surface area (Å²) in [5.74, 6) is 1.10. The lowest BCUT2D eigenvalue weighted by molar-refractivity contribution is -0.144. The maximum absolute atomic E-state index is 12.4. The van der Waals surface area contributed by atoms with Gasteiger partial charge in [-0.1, -0.05) is 0 Å². The Bertz CT molecular complexity index is 319. The SMILES string of the molecule is CNCCC1CCN(CC(=O)N2CC(C)OC(C)C2)CC1. The lowest BCUT2D eigenvalue weighted by Crippen LogP contribution is -2.51. The number of rotatable bonds is 5. The molecule has 21 heavy (non-hydrogen) atoms. The lowest BCUT2D eigenvalue weighted by atomic mass is 9.93. The predicted octanol–water partition coefficient (Wildman–Crippen LogP) is 0.944. The third-order valence-electron chi connectivity index (χ3n) is 4.64. The first kappa shape index (κ1) is 16.7. The van der Waals surface area contributed by atoms with Crippen molar-refractivity contribution in [3.05, 3.63) is 0 Å². The van der Waals surface area contributed by atoms with E-state index in [1.54, 1.807) is 0 Å². The van der Waals surface area contributed by atoms with Crippen molar-refractivity contribution in [1.29, 1.82) is 0 Å². The quantitative estimate of drug-likeness (QED) is 0.820. The summed E-state index contributed by atoms with van der Waals surface area (Å²) >= 11 is 0. The number of amides is 1. The third-order valence-corrected chi connectivity index (χ3v) is 4.64. The van der Waals surface area contributed by atoms with E-state index in [1.807, 2.05) is 25.8 Å². The smallest absolute Gasteiger partial charge is 0.236 e. The minimum atomic E-state index is 0.157. The average molecular weight is 297 g/mol. The summed E-state index contributed by atoms with van der Waals surface area (Å²) < 4.78 is 5.69. The molecule has 2 aliphatic rings. The molecule has 0 radical (unpaired) electrons. The lowest BCUT2D eigenvalue weighted by Gasteiger charge is -2.37. The number of hydrogen-bond donors (Lipinski definition) is 1. The van der Waals surface area contributed by atoms with E-state index in [0.29, 0.717) is 6.54 Å². The molecule has 0 aromatic rings. The Hall–Kier alpha value is -0.650. The standard InChI is InChI=1S/C16H31N3O2/c1-13-10-19(11-14(2)21-13)16(20)12-18-8-5-15(6-9-18)4-7-17-3/h13-15,17H,4-12H2,1-3H3. The summed E-state index contributed by atoms with van der Waals surface area (Å²) in [5, 5.41) is 3.22. The van der Waals surface area contributed by atoms with Crippen molar-refractivity contribution in [2.24, 2.45) is 5.92 Å². The van der Waals surface area contributed by atoms with Crippen molar-refractivity contribution in [1.82, 2.24) is 15.1 Å². The van der Waals surface area contributed by atoms with Crippen molar-refractivity contribution < 1.29 is 9.53 Å². The van der Waals surface area contributed by atoms with Crippen molar-refractivity contribution in [3.8, 4) is 0 Å². The van der Waals surface area contributed by atoms with E-state index in [1.165, 1.54) is 19.3 Å². The molecule has 5 nitrogen and oxygen atoms in total. The molecule has 0 bridgehead atoms. The molecule has 122 valence electrons. The Balaban J connectivity index is 1.71. The summed E-state index contributed by atoms with van der Waals surface area (Å²) in [6, 6.07) is 0. The molecule has 5 heteroatoms. The highest BCUT2D eigenvalue weighted by Crippen LogP contribution is 2.20. The van der Waals surface area contributed by atoms with Crippen LogP contribution in [0, 0.1) is 5.92 Å². The molecule has 1 amide bonds. The molecule has 2 fully saturated rings. The first-order valence-corrected chi connectivity index (χ1v) is 8.38. The van der Waals surface area contributed by atoms with Crippen molar-refractivity contribution in [3.63, 3.8) is 0 Å². The van der Waals surface area contributed by atoms with Crippen molar-refractivity contribution in [2.45, 2.75) is 45.3 Å². The number of carbonyl (C=O) groups is 1. The molecule has 0 aromatic carbocycles. The van der Waals surface area contributed by atoms with Crippen LogP contribution >= 0.6 is 0 Å². The number of ether oxygens (including phenoxy) is 1. The fraction of sp³-hybridized carbons (Fsp3) is 0.938. The van der Waals surface area contributed by atoms with Crippen LogP contribution in [-0.2, 0) is 9.53 Å². The number of carbonyl (C=O) groups excluding carboxylic acids is 1. The molecule has 2 aliphatic heterocycles. The van der Waals surface area contributed by atoms with Crippen LogP contribution in [-0.4, -0.2) is 74.2 Å². The first-order valence-electron chi connectivity index (χ1n) is 8.38. The van der Waals surface area contributed by atoms with Gasteiger partial charge in [0.2, 0.25) is 5.91 Å². The van der Waals surface area contributed by atoms with Gasteiger partial charge in [0.25, 0.3) is 0 Å². The second-order valence-corrected chi connectivity index (χ2v) is 6.67. The van der Waals surface area contributed by atoms with E-state index in [-0.39, 0.29) is 18.1 Å². The zero-order valence-electron chi connectivity index (χ0n) is 13.8. The van der Waals surface area contributed by atoms with Crippen LogP contribution in [0.5, 0.6) is 0 Å². The van der Waals surface area contributed by atoms with Gasteiger partial charge in [-0.2, -0.15) is 0 Å². The van der Waals surface area contributed by atoms with E-state index >= 15 is 0 Å². The van der Waals surface area contributed by atoms with Crippen LogP contribution in [0.3, 0.4) is 0 Å². The van der Waals surface area contributed by atoms with Crippen molar-refractivity contribution >= 4 is 5.91 Å². The normalized spacial score (nSPS) is 28.8. The van der Waals surface area contributed by atoms with E-state index in [9.17, 15) is 4.79 Å². The van der Waals surface area contributed by atoms with Crippen LogP contribution in [0.4, 0.5) is 0 Å². The van der Waals surface area contributed by atoms with E-state index in [4.69, 9.17) is 4.74 Å². The van der Waals surface area contributed by atoms with Gasteiger partial charge in [-0.25, -0.2) is 0 Å². The number of piperidine rings is 1. The van der Waals surface area contributed by atoms with Gasteiger partial charge in [0, 0.05) is 13.1 Å². The molecular formula is C16H31N3O2. The number of nitrogens with one attached hydrogen (secondary N) is 1. The second-order valence-electron chi connectivity index (χ2n) is 6.67.